The van der Waals surface area contributed by atoms with Gasteiger partial charge in [-0.05, 0) is 12.1 Å². The number of hydrogen-bond acceptors (Lipinski definition) is 9. The first-order valence-electron chi connectivity index (χ1n) is 5.18. The van der Waals surface area contributed by atoms with Crippen LogP contribution in [0.25, 0.3) is 0 Å². The zero-order valence-electron chi connectivity index (χ0n) is 12.6. The van der Waals surface area contributed by atoms with Crippen molar-refractivity contribution in [3.8, 4) is 17.2 Å². The predicted octanol–water partition coefficient (Wildman–Crippen LogP) is -0.685. The lowest BCUT2D eigenvalue weighted by Gasteiger charge is -1.95. The molecule has 144 valence electrons. The van der Waals surface area contributed by atoms with Gasteiger partial charge in [0.05, 0.1) is 18.8 Å². The van der Waals surface area contributed by atoms with Gasteiger partial charge in [0.1, 0.15) is 5.75 Å². The fourth-order valence-corrected chi connectivity index (χ4v) is 0.512. The van der Waals surface area contributed by atoms with Gasteiger partial charge in [-0.15, -0.1) is 0 Å². The second-order valence-electron chi connectivity index (χ2n) is 3.87. The Labute approximate surface area is 139 Å². The van der Waals surface area contributed by atoms with Gasteiger partial charge in [-0.1, -0.05) is 0 Å². The minimum absolute atomic E-state index is 0.0645. The molecule has 0 aliphatic heterocycles. The summed E-state index contributed by atoms with van der Waals surface area (Å²) in [7, 11) is -11.0. The summed E-state index contributed by atoms with van der Waals surface area (Å²) >= 11 is 0. The molecule has 0 aliphatic carbocycles. The molecule has 0 unspecified atom stereocenters. The molecule has 6 N–H and O–H groups in total. The normalized spacial score (nSPS) is 10.8. The summed E-state index contributed by atoms with van der Waals surface area (Å²) in [5.74, 6) is -0.604. The molecular formula is C9H18O12S3. The number of rotatable bonds is 0. The van der Waals surface area contributed by atoms with Crippen LogP contribution in [0, 0.1) is 0 Å². The average Bonchev–Trinajstić information content (AvgIpc) is 2.16. The molecule has 0 aliphatic rings. The summed E-state index contributed by atoms with van der Waals surface area (Å²) in [5.41, 5.74) is 0. The topological polar surface area (TPSA) is 224 Å². The van der Waals surface area contributed by atoms with Gasteiger partial charge in [0, 0.05) is 6.07 Å². The molecule has 0 saturated carbocycles. The second-order valence-corrected chi connectivity index (χ2v) is 8.27. The van der Waals surface area contributed by atoms with Gasteiger partial charge < -0.3 is 15.3 Å². The van der Waals surface area contributed by atoms with E-state index in [9.17, 15) is 25.3 Å². The lowest BCUT2D eigenvalue weighted by Crippen LogP contribution is -1.88. The van der Waals surface area contributed by atoms with Crippen molar-refractivity contribution in [3.05, 3.63) is 18.2 Å². The molecule has 0 heterocycles. The molecule has 0 amide bonds. The maximum atomic E-state index is 9.19. The Morgan fingerprint density at radius 3 is 1.04 bits per heavy atom. The van der Waals surface area contributed by atoms with Crippen molar-refractivity contribution in [2.75, 3.05) is 18.8 Å². The molecule has 0 aromatic heterocycles. The predicted molar refractivity (Wildman–Crippen MR) is 83.9 cm³/mol. The molecule has 15 heteroatoms. The van der Waals surface area contributed by atoms with Crippen LogP contribution < -0.4 is 0 Å². The molecule has 0 fully saturated rings. The number of phenolic OH excluding ortho intramolecular Hbond substituents is 3. The number of hydrogen-bond donors (Lipinski definition) is 6. The minimum Gasteiger partial charge on any atom is -0.508 e. The third kappa shape index (κ3) is 59.1. The van der Waals surface area contributed by atoms with Gasteiger partial charge in [0.15, 0.2) is 11.5 Å². The Kier molecular flexibility index (Phi) is 12.5. The molecule has 1 aromatic rings. The molecule has 0 saturated heterocycles. The largest absolute Gasteiger partial charge is 0.508 e. The van der Waals surface area contributed by atoms with E-state index in [0.29, 0.717) is 18.8 Å². The minimum atomic E-state index is -3.67. The molecule has 0 atom stereocenters. The van der Waals surface area contributed by atoms with Crippen LogP contribution in [0.4, 0.5) is 0 Å². The number of phenols is 3. The van der Waals surface area contributed by atoms with E-state index in [4.69, 9.17) is 29.0 Å². The highest BCUT2D eigenvalue weighted by atomic mass is 32.2. The van der Waals surface area contributed by atoms with Crippen LogP contribution in [0.5, 0.6) is 17.2 Å². The van der Waals surface area contributed by atoms with E-state index >= 15 is 0 Å². The molecule has 24 heavy (non-hydrogen) atoms. The number of aromatic hydroxyl groups is 3. The maximum absolute atomic E-state index is 9.19. The molecular weight excluding hydrogens is 396 g/mol. The summed E-state index contributed by atoms with van der Waals surface area (Å²) in [6, 6.07) is 3.56. The maximum Gasteiger partial charge on any atom is 0.261 e. The third-order valence-electron chi connectivity index (χ3n) is 0.959. The van der Waals surface area contributed by atoms with Crippen molar-refractivity contribution in [2.24, 2.45) is 0 Å². The fourth-order valence-electron chi connectivity index (χ4n) is 0.512. The first kappa shape index (κ1) is 27.2. The van der Waals surface area contributed by atoms with E-state index in [2.05, 4.69) is 0 Å². The zero-order valence-corrected chi connectivity index (χ0v) is 15.0. The average molecular weight is 414 g/mol. The third-order valence-corrected chi connectivity index (χ3v) is 0.959. The van der Waals surface area contributed by atoms with Crippen LogP contribution >= 0.6 is 0 Å². The summed E-state index contributed by atoms with van der Waals surface area (Å²) in [5, 5.41) is 26.0. The highest BCUT2D eigenvalue weighted by Gasteiger charge is 1.96. The van der Waals surface area contributed by atoms with Crippen LogP contribution in [-0.4, -0.2) is 73.0 Å². The lowest BCUT2D eigenvalue weighted by atomic mass is 10.3. The van der Waals surface area contributed by atoms with E-state index in [1.54, 1.807) is 0 Å². The van der Waals surface area contributed by atoms with Gasteiger partial charge >= 0.3 is 0 Å². The Balaban J connectivity index is -0.000000259. The summed E-state index contributed by atoms with van der Waals surface area (Å²) in [6.45, 7) is 0. The Morgan fingerprint density at radius 1 is 0.625 bits per heavy atom. The summed E-state index contributed by atoms with van der Waals surface area (Å²) in [4.78, 5) is 0. The molecule has 0 spiro atoms. The zero-order chi connectivity index (χ0) is 20.4. The van der Waals surface area contributed by atoms with Crippen molar-refractivity contribution in [1.82, 2.24) is 0 Å². The molecule has 0 bridgehead atoms. The highest BCUT2D eigenvalue weighted by Crippen LogP contribution is 2.27. The van der Waals surface area contributed by atoms with Crippen molar-refractivity contribution < 1.29 is 54.2 Å². The van der Waals surface area contributed by atoms with E-state index < -0.39 is 30.4 Å². The standard InChI is InChI=1S/C6H6O3.3CH4O3S/c7-4-1-2-5(8)6(9)3-4;3*1-5(2,3)4/h1-3,7-9H;3*1H3,(H,2,3,4). The van der Waals surface area contributed by atoms with Crippen molar-refractivity contribution >= 4 is 30.4 Å². The Morgan fingerprint density at radius 2 is 0.875 bits per heavy atom. The molecule has 1 rings (SSSR count). The SMILES string of the molecule is CS(=O)(=O)O.CS(=O)(=O)O.CS(=O)(=O)O.Oc1ccc(O)c(O)c1. The van der Waals surface area contributed by atoms with Crippen LogP contribution in [-0.2, 0) is 30.4 Å². The van der Waals surface area contributed by atoms with Crippen molar-refractivity contribution in [3.63, 3.8) is 0 Å². The highest BCUT2D eigenvalue weighted by molar-refractivity contribution is 7.85. The van der Waals surface area contributed by atoms with Gasteiger partial charge in [-0.3, -0.25) is 13.7 Å². The van der Waals surface area contributed by atoms with Crippen LogP contribution in [0.1, 0.15) is 0 Å². The summed E-state index contributed by atoms with van der Waals surface area (Å²) in [6.07, 6.45) is 2.15. The van der Waals surface area contributed by atoms with Crippen molar-refractivity contribution in [1.29, 1.82) is 0 Å². The lowest BCUT2D eigenvalue weighted by molar-refractivity contribution is 0.396. The van der Waals surface area contributed by atoms with Crippen LogP contribution in [0.2, 0.25) is 0 Å². The van der Waals surface area contributed by atoms with E-state index in [1.165, 1.54) is 12.1 Å². The first-order valence-corrected chi connectivity index (χ1v) is 10.7. The van der Waals surface area contributed by atoms with E-state index in [-0.39, 0.29) is 17.2 Å². The number of benzene rings is 1. The Hall–Kier alpha value is -1.65. The molecule has 1 aromatic carbocycles. The monoisotopic (exact) mass is 414 g/mol. The van der Waals surface area contributed by atoms with Crippen LogP contribution in [0.15, 0.2) is 18.2 Å². The van der Waals surface area contributed by atoms with E-state index in [1.807, 2.05) is 0 Å². The van der Waals surface area contributed by atoms with Gasteiger partial charge in [0.2, 0.25) is 0 Å². The van der Waals surface area contributed by atoms with Crippen LogP contribution in [0.3, 0.4) is 0 Å². The Bertz CT molecular complexity index is 697. The smallest absolute Gasteiger partial charge is 0.261 e. The molecule has 12 nitrogen and oxygen atoms in total. The van der Waals surface area contributed by atoms with Gasteiger partial charge in [0.25, 0.3) is 30.4 Å². The van der Waals surface area contributed by atoms with Gasteiger partial charge in [-0.25, -0.2) is 0 Å². The van der Waals surface area contributed by atoms with Crippen molar-refractivity contribution in [2.45, 2.75) is 0 Å². The fraction of sp³-hybridized carbons (Fsp3) is 0.333. The summed E-state index contributed by atoms with van der Waals surface area (Å²) < 4.78 is 77.6. The van der Waals surface area contributed by atoms with Gasteiger partial charge in [-0.2, -0.15) is 25.3 Å². The second kappa shape index (κ2) is 11.0. The first-order chi connectivity index (χ1) is 10.2. The van der Waals surface area contributed by atoms with E-state index in [0.717, 1.165) is 6.07 Å². The quantitative estimate of drug-likeness (QED) is 0.176. The molecule has 0 radical (unpaired) electrons.